The molecule has 64 heavy (non-hydrogen) atoms. The molecular weight excluding hydrogens is 779 g/mol. The van der Waals surface area contributed by atoms with Gasteiger partial charge in [0.25, 0.3) is 0 Å². The third-order valence-corrected chi connectivity index (χ3v) is 11.8. The second kappa shape index (κ2) is 17.4. The summed E-state index contributed by atoms with van der Waals surface area (Å²) in [6.07, 6.45) is 0. The molecule has 0 saturated carbocycles. The van der Waals surface area contributed by atoms with Gasteiger partial charge in [0.2, 0.25) is 0 Å². The number of hydrogen-bond donors (Lipinski definition) is 0. The molecule has 10 aromatic rings. The Morgan fingerprint density at radius 2 is 0.594 bits per heavy atom. The maximum Gasteiger partial charge on any atom is 0.161 e. The topological polar surface area (TPSA) is 75.3 Å². The fourth-order valence-electron chi connectivity index (χ4n) is 8.70. The van der Waals surface area contributed by atoms with Crippen molar-refractivity contribution >= 4 is 0 Å². The van der Waals surface area contributed by atoms with Gasteiger partial charge >= 0.3 is 0 Å². The predicted molar refractivity (Wildman–Crippen MR) is 261 cm³/mol. The van der Waals surface area contributed by atoms with E-state index in [1.165, 1.54) is 0 Å². The average molecular weight is 820 g/mol. The molecule has 0 spiro atoms. The minimum atomic E-state index is 0.581. The van der Waals surface area contributed by atoms with Crippen LogP contribution in [0.3, 0.4) is 0 Å². The van der Waals surface area contributed by atoms with Crippen LogP contribution in [-0.4, -0.2) is 19.9 Å². The van der Waals surface area contributed by atoms with Crippen molar-refractivity contribution in [3.63, 3.8) is 0 Å². The Morgan fingerprint density at radius 1 is 0.297 bits per heavy atom. The van der Waals surface area contributed by atoms with E-state index in [1.54, 1.807) is 0 Å². The molecule has 2 aromatic heterocycles. The van der Waals surface area contributed by atoms with Gasteiger partial charge in [-0.25, -0.2) is 19.9 Å². The molecule has 2 heterocycles. The Kier molecular flexibility index (Phi) is 10.8. The fraction of sp³-hybridized carbons (Fsp3) is 0.0339. The van der Waals surface area contributed by atoms with Gasteiger partial charge < -0.3 is 0 Å². The van der Waals surface area contributed by atoms with Crippen LogP contribution in [-0.2, 0) is 0 Å². The van der Waals surface area contributed by atoms with E-state index in [0.717, 1.165) is 101 Å². The van der Waals surface area contributed by atoms with E-state index in [0.29, 0.717) is 17.2 Å². The first kappa shape index (κ1) is 39.5. The lowest BCUT2D eigenvalue weighted by molar-refractivity contribution is 1.15. The highest BCUT2D eigenvalue weighted by Crippen LogP contribution is 2.47. The molecule has 8 aromatic carbocycles. The van der Waals surface area contributed by atoms with Crippen LogP contribution >= 0.6 is 0 Å². The molecule has 0 fully saturated rings. The lowest BCUT2D eigenvalue weighted by Crippen LogP contribution is -2.03. The van der Waals surface area contributed by atoms with E-state index in [2.05, 4.69) is 123 Å². The van der Waals surface area contributed by atoms with Crippen LogP contribution in [0.2, 0.25) is 0 Å². The van der Waals surface area contributed by atoms with Gasteiger partial charge in [-0.2, -0.15) is 5.26 Å². The zero-order chi connectivity index (χ0) is 43.4. The molecule has 0 radical (unpaired) electrons. The van der Waals surface area contributed by atoms with Crippen LogP contribution in [0.15, 0.2) is 212 Å². The summed E-state index contributed by atoms with van der Waals surface area (Å²) in [6.45, 7) is 4.20. The van der Waals surface area contributed by atoms with Crippen molar-refractivity contribution in [3.8, 4) is 107 Å². The summed E-state index contributed by atoms with van der Waals surface area (Å²) in [4.78, 5) is 21.5. The third-order valence-electron chi connectivity index (χ3n) is 11.8. The first-order valence-electron chi connectivity index (χ1n) is 21.4. The van der Waals surface area contributed by atoms with Gasteiger partial charge in [0.15, 0.2) is 11.6 Å². The van der Waals surface area contributed by atoms with Crippen LogP contribution in [0, 0.1) is 25.2 Å². The summed E-state index contributed by atoms with van der Waals surface area (Å²) in [7, 11) is 0. The quantitative estimate of drug-likeness (QED) is 0.145. The summed E-state index contributed by atoms with van der Waals surface area (Å²) in [5.41, 5.74) is 17.4. The molecular formula is C59H41N5. The largest absolute Gasteiger partial charge is 0.228 e. The van der Waals surface area contributed by atoms with Crippen LogP contribution in [0.25, 0.3) is 101 Å². The smallest absolute Gasteiger partial charge is 0.161 e. The molecule has 0 N–H and O–H groups in total. The number of nitrogens with zero attached hydrogens (tertiary/aromatic N) is 5. The molecule has 0 aliphatic carbocycles. The third kappa shape index (κ3) is 7.44. The first-order chi connectivity index (χ1) is 31.6. The Hall–Kier alpha value is -8.59. The summed E-state index contributed by atoms with van der Waals surface area (Å²) in [5, 5.41) is 10.5. The predicted octanol–water partition coefficient (Wildman–Crippen LogP) is 14.8. The van der Waals surface area contributed by atoms with Crippen molar-refractivity contribution in [1.82, 2.24) is 19.9 Å². The summed E-state index contributed by atoms with van der Waals surface area (Å²) in [5.74, 6) is 1.21. The zero-order valence-electron chi connectivity index (χ0n) is 35.4. The number of hydrogen-bond acceptors (Lipinski definition) is 5. The summed E-state index contributed by atoms with van der Waals surface area (Å²) >= 11 is 0. The van der Waals surface area contributed by atoms with Crippen molar-refractivity contribution in [1.29, 1.82) is 5.26 Å². The molecule has 0 bridgehead atoms. The lowest BCUT2D eigenvalue weighted by atomic mass is 9.83. The maximum atomic E-state index is 10.5. The number of rotatable bonds is 9. The molecule has 0 amide bonds. The van der Waals surface area contributed by atoms with Crippen LogP contribution in [0.5, 0.6) is 0 Å². The SMILES string of the molecule is Cc1c(-c2ccccc2)nc(-c2ccccc2-c2cccc(-c3ccccc3C#N)c2-c2ccccc2-c2nc(-c3ccccc3)c(C)c(-c3ccccc3)n2)nc1-c1ccccc1. The molecule has 5 heteroatoms. The van der Waals surface area contributed by atoms with Gasteiger partial charge in [0.1, 0.15) is 0 Å². The lowest BCUT2D eigenvalue weighted by Gasteiger charge is -2.21. The van der Waals surface area contributed by atoms with Gasteiger partial charge in [-0.05, 0) is 47.7 Å². The van der Waals surface area contributed by atoms with Crippen molar-refractivity contribution in [2.24, 2.45) is 0 Å². The van der Waals surface area contributed by atoms with Crippen molar-refractivity contribution in [2.45, 2.75) is 13.8 Å². The Morgan fingerprint density at radius 3 is 1.00 bits per heavy atom. The van der Waals surface area contributed by atoms with E-state index in [4.69, 9.17) is 19.9 Å². The molecule has 0 aliphatic rings. The van der Waals surface area contributed by atoms with E-state index in [1.807, 2.05) is 109 Å². The number of aromatic nitrogens is 4. The highest BCUT2D eigenvalue weighted by Gasteiger charge is 2.25. The zero-order valence-corrected chi connectivity index (χ0v) is 35.4. The van der Waals surface area contributed by atoms with Gasteiger partial charge in [-0.15, -0.1) is 0 Å². The van der Waals surface area contributed by atoms with Gasteiger partial charge in [0.05, 0.1) is 34.4 Å². The molecule has 0 saturated heterocycles. The highest BCUT2D eigenvalue weighted by atomic mass is 14.9. The Labute approximate surface area is 373 Å². The van der Waals surface area contributed by atoms with Gasteiger partial charge in [0, 0.05) is 50.1 Å². The van der Waals surface area contributed by atoms with Crippen molar-refractivity contribution in [3.05, 3.63) is 229 Å². The standard InChI is InChI=1S/C59H41N5/c1-39-54(41-22-7-3-8-23-41)61-58(62-55(39)42-24-9-4-10-25-42)51-34-19-17-32-47(51)49-37-21-36-48(46-31-16-15-30-45(46)38-60)53(49)50-33-18-20-35-52(50)59-63-56(43-26-11-5-12-27-43)40(2)57(64-59)44-28-13-6-14-29-44/h3-37H,1-2H3. The maximum absolute atomic E-state index is 10.5. The molecule has 0 atom stereocenters. The van der Waals surface area contributed by atoms with Crippen molar-refractivity contribution < 1.29 is 0 Å². The molecule has 0 unspecified atom stereocenters. The first-order valence-corrected chi connectivity index (χ1v) is 21.4. The Balaban J connectivity index is 1.26. The minimum absolute atomic E-state index is 0.581. The molecule has 302 valence electrons. The van der Waals surface area contributed by atoms with E-state index >= 15 is 0 Å². The summed E-state index contributed by atoms with van der Waals surface area (Å²) in [6, 6.07) is 74.6. The molecule has 5 nitrogen and oxygen atoms in total. The van der Waals surface area contributed by atoms with Gasteiger partial charge in [-0.1, -0.05) is 206 Å². The monoisotopic (exact) mass is 819 g/mol. The van der Waals surface area contributed by atoms with Crippen LogP contribution < -0.4 is 0 Å². The minimum Gasteiger partial charge on any atom is -0.228 e. The van der Waals surface area contributed by atoms with E-state index < -0.39 is 0 Å². The van der Waals surface area contributed by atoms with Crippen molar-refractivity contribution in [2.75, 3.05) is 0 Å². The van der Waals surface area contributed by atoms with Crippen LogP contribution in [0.1, 0.15) is 16.7 Å². The second-order valence-corrected chi connectivity index (χ2v) is 15.7. The summed E-state index contributed by atoms with van der Waals surface area (Å²) < 4.78 is 0. The highest BCUT2D eigenvalue weighted by molar-refractivity contribution is 6.02. The normalized spacial score (nSPS) is 11.0. The number of nitriles is 1. The van der Waals surface area contributed by atoms with Crippen LogP contribution in [0.4, 0.5) is 0 Å². The Bertz CT molecular complexity index is 3220. The van der Waals surface area contributed by atoms with E-state index in [9.17, 15) is 5.26 Å². The number of benzene rings is 8. The second-order valence-electron chi connectivity index (χ2n) is 15.7. The van der Waals surface area contributed by atoms with E-state index in [-0.39, 0.29) is 0 Å². The average Bonchev–Trinajstić information content (AvgIpc) is 3.37. The fourth-order valence-corrected chi connectivity index (χ4v) is 8.70. The van der Waals surface area contributed by atoms with Gasteiger partial charge in [-0.3, -0.25) is 0 Å². The molecule has 0 aliphatic heterocycles. The molecule has 10 rings (SSSR count).